The van der Waals surface area contributed by atoms with Gasteiger partial charge in [-0.1, -0.05) is 82.3 Å². The van der Waals surface area contributed by atoms with Gasteiger partial charge in [0, 0.05) is 23.5 Å². The first-order chi connectivity index (χ1) is 17.1. The molecule has 2 aromatic carbocycles. The summed E-state index contributed by atoms with van der Waals surface area (Å²) >= 11 is 0. The lowest BCUT2D eigenvalue weighted by Crippen LogP contribution is -2.26. The van der Waals surface area contributed by atoms with Gasteiger partial charge in [0.05, 0.1) is 6.61 Å². The molecule has 0 amide bonds. The fourth-order valence-electron chi connectivity index (χ4n) is 3.85. The topological polar surface area (TPSA) is 61.3 Å². The van der Waals surface area contributed by atoms with Gasteiger partial charge in [-0.2, -0.15) is 0 Å². The zero-order valence-electron chi connectivity index (χ0n) is 21.3. The summed E-state index contributed by atoms with van der Waals surface area (Å²) in [6, 6.07) is 16.2. The molecule has 0 radical (unpaired) electrons. The highest BCUT2D eigenvalue weighted by Gasteiger charge is 2.16. The van der Waals surface area contributed by atoms with E-state index in [2.05, 4.69) is 41.2 Å². The van der Waals surface area contributed by atoms with Crippen molar-refractivity contribution in [2.45, 2.75) is 78.2 Å². The quantitative estimate of drug-likeness (QED) is 0.179. The second-order valence-electron chi connectivity index (χ2n) is 8.96. The highest BCUT2D eigenvalue weighted by atomic mass is 16.6. The van der Waals surface area contributed by atoms with Crippen LogP contribution < -0.4 is 4.74 Å². The second-order valence-corrected chi connectivity index (χ2v) is 8.96. The molecule has 1 heterocycles. The van der Waals surface area contributed by atoms with Gasteiger partial charge < -0.3 is 9.47 Å². The number of esters is 1. The monoisotopic (exact) mass is 474 g/mol. The van der Waals surface area contributed by atoms with Gasteiger partial charge in [-0.3, -0.25) is 0 Å². The smallest absolute Gasteiger partial charge is 0.347 e. The van der Waals surface area contributed by atoms with E-state index in [0.29, 0.717) is 12.4 Å². The lowest BCUT2D eigenvalue weighted by atomic mass is 10.0. The first-order valence-electron chi connectivity index (χ1n) is 13.0. The largest absolute Gasteiger partial charge is 0.479 e. The summed E-state index contributed by atoms with van der Waals surface area (Å²) in [5.74, 6) is 0.989. The number of unbranched alkanes of at least 4 members (excludes halogenated alkanes) is 5. The molecule has 0 bridgehead atoms. The Kier molecular flexibility index (Phi) is 10.7. The number of rotatable bonds is 14. The van der Waals surface area contributed by atoms with Crippen LogP contribution in [0.15, 0.2) is 60.9 Å². The number of hydrogen-bond acceptors (Lipinski definition) is 5. The highest BCUT2D eigenvalue weighted by molar-refractivity contribution is 5.74. The number of benzene rings is 2. The number of carbonyl (C=O) groups is 1. The standard InChI is InChI=1S/C30H38N2O3/c1-4-6-7-8-9-10-11-24-12-14-26(15-13-24)29-31-21-27(22-32-29)25-16-18-28(19-17-25)35-23(3)30(33)34-20-5-2/h12-19,21-23H,4-11,20H2,1-3H3. The molecule has 0 spiro atoms. The van der Waals surface area contributed by atoms with Crippen molar-refractivity contribution in [1.82, 2.24) is 9.97 Å². The Bertz CT molecular complexity index is 1010. The molecule has 0 saturated carbocycles. The normalized spacial score (nSPS) is 11.7. The molecule has 3 rings (SSSR count). The minimum absolute atomic E-state index is 0.352. The Balaban J connectivity index is 1.52. The maximum atomic E-state index is 11.9. The van der Waals surface area contributed by atoms with Gasteiger partial charge in [0.15, 0.2) is 11.9 Å². The van der Waals surface area contributed by atoms with Crippen LogP contribution in [-0.4, -0.2) is 28.6 Å². The number of carbonyl (C=O) groups excluding carboxylic acids is 1. The van der Waals surface area contributed by atoms with Crippen molar-refractivity contribution < 1.29 is 14.3 Å². The Labute approximate surface area is 209 Å². The van der Waals surface area contributed by atoms with Gasteiger partial charge in [0.1, 0.15) is 5.75 Å². The highest BCUT2D eigenvalue weighted by Crippen LogP contribution is 2.24. The molecule has 0 N–H and O–H groups in total. The van der Waals surface area contributed by atoms with Crippen LogP contribution in [0.25, 0.3) is 22.5 Å². The van der Waals surface area contributed by atoms with Crippen molar-refractivity contribution in [3.05, 3.63) is 66.5 Å². The predicted octanol–water partition coefficient (Wildman–Crippen LogP) is 7.43. The summed E-state index contributed by atoms with van der Waals surface area (Å²) in [5, 5.41) is 0. The number of nitrogens with zero attached hydrogens (tertiary/aromatic N) is 2. The summed E-state index contributed by atoms with van der Waals surface area (Å²) < 4.78 is 10.8. The summed E-state index contributed by atoms with van der Waals surface area (Å²) in [6.07, 6.45) is 12.9. The van der Waals surface area contributed by atoms with Gasteiger partial charge in [0.2, 0.25) is 0 Å². The molecule has 186 valence electrons. The van der Waals surface area contributed by atoms with Crippen LogP contribution in [0, 0.1) is 0 Å². The van der Waals surface area contributed by atoms with Crippen LogP contribution in [0.4, 0.5) is 0 Å². The summed E-state index contributed by atoms with van der Waals surface area (Å²) in [7, 11) is 0. The Hall–Kier alpha value is -3.21. The van der Waals surface area contributed by atoms with Gasteiger partial charge >= 0.3 is 5.97 Å². The molecule has 0 aliphatic heterocycles. The Morgan fingerprint density at radius 2 is 1.40 bits per heavy atom. The Morgan fingerprint density at radius 3 is 2.06 bits per heavy atom. The van der Waals surface area contributed by atoms with E-state index in [0.717, 1.165) is 35.4 Å². The van der Waals surface area contributed by atoms with Crippen LogP contribution in [-0.2, 0) is 16.0 Å². The molecule has 35 heavy (non-hydrogen) atoms. The van der Waals surface area contributed by atoms with Crippen molar-refractivity contribution in [1.29, 1.82) is 0 Å². The van der Waals surface area contributed by atoms with E-state index in [1.54, 1.807) is 6.92 Å². The molecule has 1 unspecified atom stereocenters. The third-order valence-electron chi connectivity index (χ3n) is 5.96. The molecule has 0 aliphatic carbocycles. The molecule has 0 aliphatic rings. The molecular formula is C30H38N2O3. The zero-order valence-corrected chi connectivity index (χ0v) is 21.3. The van der Waals surface area contributed by atoms with E-state index in [1.807, 2.05) is 43.6 Å². The lowest BCUT2D eigenvalue weighted by molar-refractivity contribution is -0.151. The van der Waals surface area contributed by atoms with E-state index in [1.165, 1.54) is 44.1 Å². The number of aromatic nitrogens is 2. The number of hydrogen-bond donors (Lipinski definition) is 0. The van der Waals surface area contributed by atoms with Crippen LogP contribution in [0.2, 0.25) is 0 Å². The minimum Gasteiger partial charge on any atom is -0.479 e. The van der Waals surface area contributed by atoms with Crippen molar-refractivity contribution in [3.63, 3.8) is 0 Å². The van der Waals surface area contributed by atoms with E-state index in [4.69, 9.17) is 9.47 Å². The van der Waals surface area contributed by atoms with Gasteiger partial charge in [-0.25, -0.2) is 14.8 Å². The first kappa shape index (κ1) is 26.4. The lowest BCUT2D eigenvalue weighted by Gasteiger charge is -2.14. The van der Waals surface area contributed by atoms with Gasteiger partial charge in [-0.15, -0.1) is 0 Å². The van der Waals surface area contributed by atoms with E-state index < -0.39 is 6.10 Å². The molecule has 0 saturated heterocycles. The minimum atomic E-state index is -0.646. The SMILES string of the molecule is CCCCCCCCc1ccc(-c2ncc(-c3ccc(OC(C)C(=O)OCCC)cc3)cn2)cc1. The Morgan fingerprint density at radius 1 is 0.771 bits per heavy atom. The third kappa shape index (κ3) is 8.50. The summed E-state index contributed by atoms with van der Waals surface area (Å²) in [5.41, 5.74) is 4.31. The molecule has 0 fully saturated rings. The molecule has 1 aromatic heterocycles. The van der Waals surface area contributed by atoms with Gasteiger partial charge in [-0.05, 0) is 49.4 Å². The maximum absolute atomic E-state index is 11.9. The molecule has 5 nitrogen and oxygen atoms in total. The van der Waals surface area contributed by atoms with Crippen LogP contribution >= 0.6 is 0 Å². The van der Waals surface area contributed by atoms with Crippen LogP contribution in [0.1, 0.15) is 71.3 Å². The molecule has 3 aromatic rings. The van der Waals surface area contributed by atoms with E-state index in [-0.39, 0.29) is 5.97 Å². The molecule has 5 heteroatoms. The first-order valence-corrected chi connectivity index (χ1v) is 13.0. The van der Waals surface area contributed by atoms with Gasteiger partial charge in [0.25, 0.3) is 0 Å². The average Bonchev–Trinajstić information content (AvgIpc) is 2.90. The van der Waals surface area contributed by atoms with Crippen LogP contribution in [0.3, 0.4) is 0 Å². The van der Waals surface area contributed by atoms with Crippen molar-refractivity contribution >= 4 is 5.97 Å². The average molecular weight is 475 g/mol. The van der Waals surface area contributed by atoms with Crippen molar-refractivity contribution in [3.8, 4) is 28.3 Å². The fourth-order valence-corrected chi connectivity index (χ4v) is 3.85. The fraction of sp³-hybridized carbons (Fsp3) is 0.433. The van der Waals surface area contributed by atoms with Crippen molar-refractivity contribution in [2.75, 3.05) is 6.61 Å². The van der Waals surface area contributed by atoms with Crippen LogP contribution in [0.5, 0.6) is 5.75 Å². The number of ether oxygens (including phenoxy) is 2. The van der Waals surface area contributed by atoms with E-state index in [9.17, 15) is 4.79 Å². The maximum Gasteiger partial charge on any atom is 0.347 e. The second kappa shape index (κ2) is 14.2. The zero-order chi connectivity index (χ0) is 24.9. The number of aryl methyl sites for hydroxylation is 1. The molecular weight excluding hydrogens is 436 g/mol. The predicted molar refractivity (Wildman–Crippen MR) is 141 cm³/mol. The van der Waals surface area contributed by atoms with Crippen molar-refractivity contribution in [2.24, 2.45) is 0 Å². The molecule has 1 atom stereocenters. The summed E-state index contributed by atoms with van der Waals surface area (Å²) in [4.78, 5) is 21.0. The van der Waals surface area contributed by atoms with E-state index >= 15 is 0 Å². The third-order valence-corrected chi connectivity index (χ3v) is 5.96. The summed E-state index contributed by atoms with van der Waals surface area (Å²) in [6.45, 7) is 6.32.